The molecule has 0 amide bonds. The number of nitrogens with one attached hydrogen (secondary N) is 1. The summed E-state index contributed by atoms with van der Waals surface area (Å²) in [5.41, 5.74) is 1.71. The average molecular weight is 209 g/mol. The van der Waals surface area contributed by atoms with Crippen LogP contribution in [0.25, 0.3) is 0 Å². The lowest BCUT2D eigenvalue weighted by molar-refractivity contribution is 0.421. The van der Waals surface area contributed by atoms with E-state index in [1.807, 2.05) is 6.92 Å². The van der Waals surface area contributed by atoms with Gasteiger partial charge in [-0.15, -0.1) is 0 Å². The fourth-order valence-electron chi connectivity index (χ4n) is 2.14. The van der Waals surface area contributed by atoms with Crippen molar-refractivity contribution < 1.29 is 9.50 Å². The third kappa shape index (κ3) is 2.12. The first-order valence-corrected chi connectivity index (χ1v) is 5.39. The molecule has 1 aromatic carbocycles. The molecule has 1 saturated heterocycles. The molecule has 1 aromatic rings. The molecule has 3 heteroatoms. The molecule has 1 heterocycles. The Hall–Kier alpha value is -1.09. The third-order valence-corrected chi connectivity index (χ3v) is 3.08. The standard InChI is InChI=1S/C12H16FNO/c1-8-4-5-11(13)12(15)10(8)7-9-3-2-6-14-9/h4-5,9,14-15H,2-3,6-7H2,1H3. The maximum absolute atomic E-state index is 13.2. The molecule has 0 bridgehead atoms. The van der Waals surface area contributed by atoms with Gasteiger partial charge in [-0.05, 0) is 44.4 Å². The van der Waals surface area contributed by atoms with Gasteiger partial charge in [0, 0.05) is 11.6 Å². The predicted octanol–water partition coefficient (Wildman–Crippen LogP) is 2.13. The van der Waals surface area contributed by atoms with Crippen LogP contribution in [0.1, 0.15) is 24.0 Å². The van der Waals surface area contributed by atoms with Crippen LogP contribution in [0.3, 0.4) is 0 Å². The SMILES string of the molecule is Cc1ccc(F)c(O)c1CC1CCCN1. The monoisotopic (exact) mass is 209 g/mol. The van der Waals surface area contributed by atoms with Gasteiger partial charge in [-0.3, -0.25) is 0 Å². The van der Waals surface area contributed by atoms with Gasteiger partial charge in [-0.25, -0.2) is 4.39 Å². The largest absolute Gasteiger partial charge is 0.505 e. The zero-order valence-electron chi connectivity index (χ0n) is 8.89. The summed E-state index contributed by atoms with van der Waals surface area (Å²) >= 11 is 0. The van der Waals surface area contributed by atoms with E-state index in [0.717, 1.165) is 30.5 Å². The van der Waals surface area contributed by atoms with E-state index in [-0.39, 0.29) is 5.75 Å². The van der Waals surface area contributed by atoms with E-state index in [9.17, 15) is 9.50 Å². The van der Waals surface area contributed by atoms with Crippen molar-refractivity contribution in [3.8, 4) is 5.75 Å². The highest BCUT2D eigenvalue weighted by molar-refractivity contribution is 5.40. The first-order valence-electron chi connectivity index (χ1n) is 5.39. The Kier molecular flexibility index (Phi) is 2.91. The van der Waals surface area contributed by atoms with Crippen LogP contribution in [0.5, 0.6) is 5.75 Å². The Balaban J connectivity index is 2.22. The highest BCUT2D eigenvalue weighted by Crippen LogP contribution is 2.27. The van der Waals surface area contributed by atoms with E-state index in [2.05, 4.69) is 5.32 Å². The smallest absolute Gasteiger partial charge is 0.165 e. The van der Waals surface area contributed by atoms with E-state index in [4.69, 9.17) is 0 Å². The minimum absolute atomic E-state index is 0.177. The van der Waals surface area contributed by atoms with Crippen LogP contribution in [0.15, 0.2) is 12.1 Å². The summed E-state index contributed by atoms with van der Waals surface area (Å²) < 4.78 is 13.2. The van der Waals surface area contributed by atoms with E-state index in [1.165, 1.54) is 12.5 Å². The maximum atomic E-state index is 13.2. The molecule has 2 N–H and O–H groups in total. The molecule has 1 aliphatic heterocycles. The number of benzene rings is 1. The molecule has 1 unspecified atom stereocenters. The molecule has 0 radical (unpaired) electrons. The Morgan fingerprint density at radius 2 is 2.33 bits per heavy atom. The van der Waals surface area contributed by atoms with Crippen molar-refractivity contribution in [3.63, 3.8) is 0 Å². The number of hydrogen-bond donors (Lipinski definition) is 2. The zero-order valence-corrected chi connectivity index (χ0v) is 8.89. The predicted molar refractivity (Wildman–Crippen MR) is 57.5 cm³/mol. The molecule has 0 saturated carbocycles. The lowest BCUT2D eigenvalue weighted by Crippen LogP contribution is -2.24. The van der Waals surface area contributed by atoms with Gasteiger partial charge in [0.2, 0.25) is 0 Å². The van der Waals surface area contributed by atoms with Gasteiger partial charge in [0.05, 0.1) is 0 Å². The summed E-state index contributed by atoms with van der Waals surface area (Å²) in [7, 11) is 0. The Labute approximate surface area is 89.1 Å². The molecular formula is C12H16FNO. The number of aryl methyl sites for hydroxylation is 1. The first-order chi connectivity index (χ1) is 7.18. The quantitative estimate of drug-likeness (QED) is 0.782. The normalized spacial score (nSPS) is 20.8. The summed E-state index contributed by atoms with van der Waals surface area (Å²) in [6.45, 7) is 2.93. The molecule has 2 rings (SSSR count). The number of phenolic OH excluding ortho intramolecular Hbond substituents is 1. The fourth-order valence-corrected chi connectivity index (χ4v) is 2.14. The Morgan fingerprint density at radius 3 is 3.00 bits per heavy atom. The molecule has 0 spiro atoms. The van der Waals surface area contributed by atoms with E-state index in [1.54, 1.807) is 6.07 Å². The summed E-state index contributed by atoms with van der Waals surface area (Å²) in [6.07, 6.45) is 2.99. The molecule has 2 nitrogen and oxygen atoms in total. The van der Waals surface area contributed by atoms with Crippen LogP contribution in [0.2, 0.25) is 0 Å². The summed E-state index contributed by atoms with van der Waals surface area (Å²) in [4.78, 5) is 0. The van der Waals surface area contributed by atoms with Gasteiger partial charge in [0.1, 0.15) is 0 Å². The van der Waals surface area contributed by atoms with Crippen molar-refractivity contribution in [2.75, 3.05) is 6.54 Å². The van der Waals surface area contributed by atoms with Crippen molar-refractivity contribution in [2.24, 2.45) is 0 Å². The number of hydrogen-bond acceptors (Lipinski definition) is 2. The number of rotatable bonds is 2. The van der Waals surface area contributed by atoms with Gasteiger partial charge >= 0.3 is 0 Å². The molecule has 15 heavy (non-hydrogen) atoms. The van der Waals surface area contributed by atoms with Crippen LogP contribution in [-0.4, -0.2) is 17.7 Å². The number of halogens is 1. The highest BCUT2D eigenvalue weighted by Gasteiger charge is 2.18. The van der Waals surface area contributed by atoms with Crippen LogP contribution >= 0.6 is 0 Å². The Bertz CT molecular complexity index is 359. The second-order valence-electron chi connectivity index (χ2n) is 4.19. The lowest BCUT2D eigenvalue weighted by atomic mass is 9.99. The highest BCUT2D eigenvalue weighted by atomic mass is 19.1. The molecule has 1 aliphatic rings. The van der Waals surface area contributed by atoms with Crippen molar-refractivity contribution in [3.05, 3.63) is 29.1 Å². The van der Waals surface area contributed by atoms with Crippen LogP contribution in [-0.2, 0) is 6.42 Å². The molecule has 1 fully saturated rings. The van der Waals surface area contributed by atoms with Crippen LogP contribution < -0.4 is 5.32 Å². The summed E-state index contributed by atoms with van der Waals surface area (Å²) in [5.74, 6) is -0.697. The lowest BCUT2D eigenvalue weighted by Gasteiger charge is -2.14. The van der Waals surface area contributed by atoms with Gasteiger partial charge in [0.25, 0.3) is 0 Å². The Morgan fingerprint density at radius 1 is 1.53 bits per heavy atom. The second kappa shape index (κ2) is 4.19. The molecule has 0 aromatic heterocycles. The minimum Gasteiger partial charge on any atom is -0.505 e. The maximum Gasteiger partial charge on any atom is 0.165 e. The molecule has 82 valence electrons. The summed E-state index contributed by atoms with van der Waals surface area (Å²) in [6, 6.07) is 3.42. The van der Waals surface area contributed by atoms with Gasteiger partial charge in [0.15, 0.2) is 11.6 Å². The van der Waals surface area contributed by atoms with E-state index in [0.29, 0.717) is 6.04 Å². The molecular weight excluding hydrogens is 193 g/mol. The van der Waals surface area contributed by atoms with Gasteiger partial charge in [-0.1, -0.05) is 6.07 Å². The fraction of sp³-hybridized carbons (Fsp3) is 0.500. The van der Waals surface area contributed by atoms with Crippen molar-refractivity contribution >= 4 is 0 Å². The van der Waals surface area contributed by atoms with Crippen LogP contribution in [0.4, 0.5) is 4.39 Å². The molecule has 1 atom stereocenters. The topological polar surface area (TPSA) is 32.3 Å². The summed E-state index contributed by atoms with van der Waals surface area (Å²) in [5, 5.41) is 13.0. The van der Waals surface area contributed by atoms with E-state index >= 15 is 0 Å². The molecule has 0 aliphatic carbocycles. The van der Waals surface area contributed by atoms with Crippen molar-refractivity contribution in [1.29, 1.82) is 0 Å². The minimum atomic E-state index is -0.520. The number of aromatic hydroxyl groups is 1. The van der Waals surface area contributed by atoms with E-state index < -0.39 is 5.82 Å². The van der Waals surface area contributed by atoms with Crippen LogP contribution in [0, 0.1) is 12.7 Å². The van der Waals surface area contributed by atoms with Crippen molar-refractivity contribution in [2.45, 2.75) is 32.2 Å². The second-order valence-corrected chi connectivity index (χ2v) is 4.19. The third-order valence-electron chi connectivity index (χ3n) is 3.08. The van der Waals surface area contributed by atoms with Gasteiger partial charge in [-0.2, -0.15) is 0 Å². The number of phenols is 1. The average Bonchev–Trinajstić information content (AvgIpc) is 2.71. The first kappa shape index (κ1) is 10.4. The van der Waals surface area contributed by atoms with Crippen molar-refractivity contribution in [1.82, 2.24) is 5.32 Å². The zero-order chi connectivity index (χ0) is 10.8. The van der Waals surface area contributed by atoms with Gasteiger partial charge < -0.3 is 10.4 Å².